The monoisotopic (exact) mass is 512 g/mol. The standard InChI is InChI=1S/C35H48N2O/c1-9-10-14-23-37(30-21-19-29(20-22-30)36-28-15-12-11-13-16-28)26(2)17-18-27-24-31(34(3,4)5)33(38)32(25-27)35(6,7)8/h11-13,15-16,19-22,24-25,36,38H,2,9-10,14,17-18,23H2,1,3-8H3. The van der Waals surface area contributed by atoms with Gasteiger partial charge in [-0.25, -0.2) is 0 Å². The zero-order valence-electron chi connectivity index (χ0n) is 24.7. The molecular weight excluding hydrogens is 464 g/mol. The number of aryl methyl sites for hydroxylation is 1. The number of phenols is 1. The predicted octanol–water partition coefficient (Wildman–Crippen LogP) is 9.87. The molecule has 2 N–H and O–H groups in total. The van der Waals surface area contributed by atoms with Crippen LogP contribution in [0.25, 0.3) is 0 Å². The summed E-state index contributed by atoms with van der Waals surface area (Å²) in [4.78, 5) is 2.39. The lowest BCUT2D eigenvalue weighted by Crippen LogP contribution is -2.24. The van der Waals surface area contributed by atoms with Crippen molar-refractivity contribution in [2.24, 2.45) is 0 Å². The van der Waals surface area contributed by atoms with Gasteiger partial charge in [-0.15, -0.1) is 0 Å². The van der Waals surface area contributed by atoms with E-state index in [0.29, 0.717) is 5.75 Å². The van der Waals surface area contributed by atoms with E-state index in [0.717, 1.165) is 54.0 Å². The Morgan fingerprint density at radius 2 is 1.37 bits per heavy atom. The largest absolute Gasteiger partial charge is 0.507 e. The van der Waals surface area contributed by atoms with Crippen LogP contribution < -0.4 is 10.2 Å². The summed E-state index contributed by atoms with van der Waals surface area (Å²) >= 11 is 0. The van der Waals surface area contributed by atoms with Gasteiger partial charge in [0.2, 0.25) is 0 Å². The molecule has 0 aliphatic heterocycles. The van der Waals surface area contributed by atoms with E-state index in [1.165, 1.54) is 24.1 Å². The van der Waals surface area contributed by atoms with Crippen molar-refractivity contribution in [1.29, 1.82) is 0 Å². The molecule has 3 heteroatoms. The Kier molecular flexibility index (Phi) is 9.71. The fourth-order valence-corrected chi connectivity index (χ4v) is 4.81. The van der Waals surface area contributed by atoms with Crippen LogP contribution in [0.5, 0.6) is 5.75 Å². The van der Waals surface area contributed by atoms with E-state index in [-0.39, 0.29) is 10.8 Å². The van der Waals surface area contributed by atoms with Crippen LogP contribution in [-0.4, -0.2) is 11.7 Å². The Bertz CT molecular complexity index is 1150. The average molecular weight is 513 g/mol. The van der Waals surface area contributed by atoms with Crippen molar-refractivity contribution >= 4 is 17.1 Å². The molecule has 0 bridgehead atoms. The molecule has 0 aliphatic rings. The molecule has 0 aliphatic carbocycles. The Morgan fingerprint density at radius 1 is 0.816 bits per heavy atom. The molecule has 0 unspecified atom stereocenters. The third-order valence-electron chi connectivity index (χ3n) is 7.10. The molecule has 0 amide bonds. The van der Waals surface area contributed by atoms with Crippen LogP contribution >= 0.6 is 0 Å². The van der Waals surface area contributed by atoms with Gasteiger partial charge in [-0.1, -0.05) is 98.2 Å². The first-order valence-electron chi connectivity index (χ1n) is 14.1. The summed E-state index contributed by atoms with van der Waals surface area (Å²) in [5.41, 5.74) is 7.52. The van der Waals surface area contributed by atoms with Crippen LogP contribution in [0.4, 0.5) is 17.1 Å². The first kappa shape index (κ1) is 29.4. The molecule has 0 saturated heterocycles. The van der Waals surface area contributed by atoms with Crippen molar-refractivity contribution in [2.45, 2.75) is 91.4 Å². The second kappa shape index (κ2) is 12.6. The van der Waals surface area contributed by atoms with Gasteiger partial charge in [0.05, 0.1) is 0 Å². The number of unbranched alkanes of at least 4 members (excludes halogenated alkanes) is 2. The highest BCUT2D eigenvalue weighted by molar-refractivity contribution is 5.64. The van der Waals surface area contributed by atoms with Crippen LogP contribution in [0.1, 0.15) is 90.8 Å². The molecule has 3 rings (SSSR count). The quantitative estimate of drug-likeness (QED) is 0.251. The van der Waals surface area contributed by atoms with Crippen LogP contribution in [0.2, 0.25) is 0 Å². The second-order valence-electron chi connectivity index (χ2n) is 12.5. The van der Waals surface area contributed by atoms with Crippen molar-refractivity contribution in [3.63, 3.8) is 0 Å². The third-order valence-corrected chi connectivity index (χ3v) is 7.10. The molecule has 0 aromatic heterocycles. The maximum Gasteiger partial charge on any atom is 0.123 e. The molecule has 0 heterocycles. The zero-order valence-corrected chi connectivity index (χ0v) is 24.7. The SMILES string of the molecule is C=C(CCc1cc(C(C)(C)C)c(O)c(C(C)(C)C)c1)N(CCCCC)c1ccc(Nc2ccccc2)cc1. The minimum absolute atomic E-state index is 0.126. The lowest BCUT2D eigenvalue weighted by Gasteiger charge is -2.29. The molecule has 0 atom stereocenters. The fraction of sp³-hybridized carbons (Fsp3) is 0.429. The van der Waals surface area contributed by atoms with E-state index in [1.54, 1.807) is 0 Å². The van der Waals surface area contributed by atoms with Crippen LogP contribution in [-0.2, 0) is 17.3 Å². The van der Waals surface area contributed by atoms with Gasteiger partial charge in [0.25, 0.3) is 0 Å². The number of benzene rings is 3. The Hall–Kier alpha value is -3.20. The van der Waals surface area contributed by atoms with E-state index in [4.69, 9.17) is 0 Å². The van der Waals surface area contributed by atoms with Gasteiger partial charge in [0, 0.05) is 29.3 Å². The van der Waals surface area contributed by atoms with Gasteiger partial charge in [-0.3, -0.25) is 0 Å². The summed E-state index contributed by atoms with van der Waals surface area (Å²) in [6.07, 6.45) is 5.30. The molecule has 204 valence electrons. The second-order valence-corrected chi connectivity index (χ2v) is 12.5. The number of hydrogen-bond donors (Lipinski definition) is 2. The molecule has 0 fully saturated rings. The topological polar surface area (TPSA) is 35.5 Å². The molecular formula is C35H48N2O. The summed E-state index contributed by atoms with van der Waals surface area (Å²) < 4.78 is 0. The molecule has 0 radical (unpaired) electrons. The number of anilines is 3. The maximum absolute atomic E-state index is 11.1. The van der Waals surface area contributed by atoms with Crippen molar-refractivity contribution in [2.75, 3.05) is 16.8 Å². The first-order chi connectivity index (χ1) is 17.9. The normalized spacial score (nSPS) is 11.9. The number of nitrogens with one attached hydrogen (secondary N) is 1. The summed E-state index contributed by atoms with van der Waals surface area (Å²) in [5.74, 6) is 0.443. The number of nitrogens with zero attached hydrogens (tertiary/aromatic N) is 1. The number of aromatic hydroxyl groups is 1. The van der Waals surface area contributed by atoms with E-state index >= 15 is 0 Å². The molecule has 38 heavy (non-hydrogen) atoms. The average Bonchev–Trinajstić information content (AvgIpc) is 2.86. The Balaban J connectivity index is 1.80. The molecule has 0 saturated carbocycles. The highest BCUT2D eigenvalue weighted by atomic mass is 16.3. The Labute approximate surface area is 231 Å². The van der Waals surface area contributed by atoms with E-state index in [1.807, 2.05) is 18.2 Å². The lowest BCUT2D eigenvalue weighted by molar-refractivity contribution is 0.422. The van der Waals surface area contributed by atoms with Gasteiger partial charge in [0.1, 0.15) is 5.75 Å². The summed E-state index contributed by atoms with van der Waals surface area (Å²) in [7, 11) is 0. The molecule has 3 aromatic carbocycles. The maximum atomic E-state index is 11.1. The smallest absolute Gasteiger partial charge is 0.123 e. The van der Waals surface area contributed by atoms with Crippen molar-refractivity contribution in [3.05, 3.63) is 95.7 Å². The molecule has 3 nitrogen and oxygen atoms in total. The number of hydrogen-bond acceptors (Lipinski definition) is 3. The van der Waals surface area contributed by atoms with Gasteiger partial charge < -0.3 is 15.3 Å². The van der Waals surface area contributed by atoms with Gasteiger partial charge in [0.15, 0.2) is 0 Å². The van der Waals surface area contributed by atoms with Gasteiger partial charge >= 0.3 is 0 Å². The molecule has 3 aromatic rings. The van der Waals surface area contributed by atoms with Gasteiger partial charge in [-0.05, 0) is 83.2 Å². The van der Waals surface area contributed by atoms with E-state index < -0.39 is 0 Å². The summed E-state index contributed by atoms with van der Waals surface area (Å²) in [5, 5.41) is 14.6. The van der Waals surface area contributed by atoms with E-state index in [2.05, 4.69) is 114 Å². The fourth-order valence-electron chi connectivity index (χ4n) is 4.81. The number of rotatable bonds is 11. The van der Waals surface area contributed by atoms with Crippen molar-refractivity contribution < 1.29 is 5.11 Å². The summed E-state index contributed by atoms with van der Waals surface area (Å²) in [6, 6.07) is 23.3. The minimum atomic E-state index is -0.126. The third kappa shape index (κ3) is 7.90. The number of allylic oxidation sites excluding steroid dienone is 1. The van der Waals surface area contributed by atoms with Crippen LogP contribution in [0.3, 0.4) is 0 Å². The van der Waals surface area contributed by atoms with Crippen LogP contribution in [0, 0.1) is 0 Å². The summed E-state index contributed by atoms with van der Waals surface area (Å²) in [6.45, 7) is 20.8. The molecule has 0 spiro atoms. The van der Waals surface area contributed by atoms with Crippen molar-refractivity contribution in [1.82, 2.24) is 0 Å². The number of phenolic OH excluding ortho intramolecular Hbond substituents is 1. The highest BCUT2D eigenvalue weighted by Gasteiger charge is 2.26. The van der Waals surface area contributed by atoms with Crippen molar-refractivity contribution in [3.8, 4) is 5.75 Å². The van der Waals surface area contributed by atoms with Crippen LogP contribution in [0.15, 0.2) is 79.0 Å². The van der Waals surface area contributed by atoms with E-state index in [9.17, 15) is 5.11 Å². The van der Waals surface area contributed by atoms with Gasteiger partial charge in [-0.2, -0.15) is 0 Å². The number of para-hydroxylation sites is 1. The highest BCUT2D eigenvalue weighted by Crippen LogP contribution is 2.40. The zero-order chi connectivity index (χ0) is 27.9. The predicted molar refractivity (Wildman–Crippen MR) is 166 cm³/mol. The minimum Gasteiger partial charge on any atom is -0.507 e. The Morgan fingerprint density at radius 3 is 1.89 bits per heavy atom. The first-order valence-corrected chi connectivity index (χ1v) is 14.1. The lowest BCUT2D eigenvalue weighted by atomic mass is 9.78.